The van der Waals surface area contributed by atoms with Gasteiger partial charge in [-0.2, -0.15) is 0 Å². The van der Waals surface area contributed by atoms with E-state index in [-0.39, 0.29) is 6.10 Å². The molecule has 1 aliphatic rings. The van der Waals surface area contributed by atoms with E-state index in [0.717, 1.165) is 16.9 Å². The summed E-state index contributed by atoms with van der Waals surface area (Å²) in [6.07, 6.45) is 0.359. The Balaban J connectivity index is 2.56. The van der Waals surface area contributed by atoms with Crippen molar-refractivity contribution in [3.8, 4) is 5.75 Å². The highest BCUT2D eigenvalue weighted by atomic mass is 16.5. The Labute approximate surface area is 78.2 Å². The lowest BCUT2D eigenvalue weighted by atomic mass is 9.98. The summed E-state index contributed by atoms with van der Waals surface area (Å²) in [6, 6.07) is 4.09. The molecule has 1 N–H and O–H groups in total. The maximum Gasteiger partial charge on any atom is 0.128 e. The summed E-state index contributed by atoms with van der Waals surface area (Å²) in [6.45, 7) is 4.68. The van der Waals surface area contributed by atoms with Crippen molar-refractivity contribution in [3.05, 3.63) is 28.8 Å². The Kier molecular flexibility index (Phi) is 2.00. The SMILES string of the molecule is Cc1cc(C)c2c(c1)C(O)CCO2. The van der Waals surface area contributed by atoms with E-state index in [9.17, 15) is 5.11 Å². The minimum Gasteiger partial charge on any atom is -0.493 e. The highest BCUT2D eigenvalue weighted by Crippen LogP contribution is 2.35. The molecule has 2 heteroatoms. The summed E-state index contributed by atoms with van der Waals surface area (Å²) in [4.78, 5) is 0. The molecule has 0 aliphatic carbocycles. The van der Waals surface area contributed by atoms with Gasteiger partial charge in [-0.3, -0.25) is 0 Å². The van der Waals surface area contributed by atoms with Crippen LogP contribution in [0, 0.1) is 13.8 Å². The second kappa shape index (κ2) is 3.04. The maximum absolute atomic E-state index is 9.73. The van der Waals surface area contributed by atoms with Gasteiger partial charge in [-0.15, -0.1) is 0 Å². The van der Waals surface area contributed by atoms with Crippen LogP contribution >= 0.6 is 0 Å². The molecule has 1 aromatic carbocycles. The lowest BCUT2D eigenvalue weighted by molar-refractivity contribution is 0.115. The van der Waals surface area contributed by atoms with Gasteiger partial charge in [0.05, 0.1) is 12.7 Å². The maximum atomic E-state index is 9.73. The topological polar surface area (TPSA) is 29.5 Å². The molecule has 0 fully saturated rings. The molecule has 0 saturated heterocycles. The molecule has 1 heterocycles. The Morgan fingerprint density at radius 3 is 2.92 bits per heavy atom. The zero-order chi connectivity index (χ0) is 9.42. The third-order valence-electron chi connectivity index (χ3n) is 2.44. The fourth-order valence-electron chi connectivity index (χ4n) is 1.86. The van der Waals surface area contributed by atoms with Crippen molar-refractivity contribution in [2.24, 2.45) is 0 Å². The quantitative estimate of drug-likeness (QED) is 0.659. The van der Waals surface area contributed by atoms with E-state index in [4.69, 9.17) is 4.74 Å². The fourth-order valence-corrected chi connectivity index (χ4v) is 1.86. The number of ether oxygens (including phenoxy) is 1. The third-order valence-corrected chi connectivity index (χ3v) is 2.44. The highest BCUT2D eigenvalue weighted by Gasteiger charge is 2.20. The van der Waals surface area contributed by atoms with Gasteiger partial charge in [-0.1, -0.05) is 11.6 Å². The summed E-state index contributed by atoms with van der Waals surface area (Å²) in [5.74, 6) is 0.879. The fraction of sp³-hybridized carbons (Fsp3) is 0.455. The van der Waals surface area contributed by atoms with Gasteiger partial charge in [-0.25, -0.2) is 0 Å². The molecular weight excluding hydrogens is 164 g/mol. The second-order valence-corrected chi connectivity index (χ2v) is 3.65. The number of benzene rings is 1. The predicted molar refractivity (Wildman–Crippen MR) is 51.0 cm³/mol. The molecule has 2 nitrogen and oxygen atoms in total. The van der Waals surface area contributed by atoms with Gasteiger partial charge in [-0.05, 0) is 25.5 Å². The largest absolute Gasteiger partial charge is 0.493 e. The second-order valence-electron chi connectivity index (χ2n) is 3.65. The average Bonchev–Trinajstić information content (AvgIpc) is 2.07. The van der Waals surface area contributed by atoms with E-state index in [1.807, 2.05) is 19.9 Å². The van der Waals surface area contributed by atoms with E-state index in [1.54, 1.807) is 0 Å². The Bertz CT molecular complexity index is 331. The zero-order valence-corrected chi connectivity index (χ0v) is 8.00. The van der Waals surface area contributed by atoms with Gasteiger partial charge in [0.1, 0.15) is 5.75 Å². The molecule has 1 aromatic rings. The number of aliphatic hydroxyl groups is 1. The molecule has 0 bridgehead atoms. The van der Waals surface area contributed by atoms with Crippen LogP contribution in [0.4, 0.5) is 0 Å². The van der Waals surface area contributed by atoms with Gasteiger partial charge in [0.25, 0.3) is 0 Å². The molecule has 2 rings (SSSR count). The molecule has 1 unspecified atom stereocenters. The lowest BCUT2D eigenvalue weighted by Gasteiger charge is -2.24. The molecule has 0 radical (unpaired) electrons. The Morgan fingerprint density at radius 1 is 1.38 bits per heavy atom. The van der Waals surface area contributed by atoms with Crippen LogP contribution in [-0.2, 0) is 0 Å². The summed E-state index contributed by atoms with van der Waals surface area (Å²) in [5.41, 5.74) is 3.25. The summed E-state index contributed by atoms with van der Waals surface area (Å²) in [5, 5.41) is 9.73. The van der Waals surface area contributed by atoms with Crippen LogP contribution < -0.4 is 4.74 Å². The first-order valence-electron chi connectivity index (χ1n) is 4.60. The first kappa shape index (κ1) is 8.57. The first-order valence-corrected chi connectivity index (χ1v) is 4.60. The van der Waals surface area contributed by atoms with Crippen LogP contribution in [0.15, 0.2) is 12.1 Å². The van der Waals surface area contributed by atoms with E-state index in [1.165, 1.54) is 5.56 Å². The van der Waals surface area contributed by atoms with Gasteiger partial charge >= 0.3 is 0 Å². The van der Waals surface area contributed by atoms with Gasteiger partial charge < -0.3 is 9.84 Å². The van der Waals surface area contributed by atoms with Crippen molar-refractivity contribution in [1.29, 1.82) is 0 Å². The molecule has 0 spiro atoms. The van der Waals surface area contributed by atoms with Crippen molar-refractivity contribution in [2.45, 2.75) is 26.4 Å². The van der Waals surface area contributed by atoms with E-state index >= 15 is 0 Å². The molecule has 0 aromatic heterocycles. The normalized spacial score (nSPS) is 20.7. The Hall–Kier alpha value is -1.02. The molecule has 1 aliphatic heterocycles. The minimum atomic E-state index is -0.345. The van der Waals surface area contributed by atoms with Crippen LogP contribution in [0.3, 0.4) is 0 Å². The third kappa shape index (κ3) is 1.42. The monoisotopic (exact) mass is 178 g/mol. The summed E-state index contributed by atoms with van der Waals surface area (Å²) in [7, 11) is 0. The first-order chi connectivity index (χ1) is 6.18. The van der Waals surface area contributed by atoms with Crippen LogP contribution in [0.25, 0.3) is 0 Å². The van der Waals surface area contributed by atoms with Crippen molar-refractivity contribution in [3.63, 3.8) is 0 Å². The zero-order valence-electron chi connectivity index (χ0n) is 8.00. The van der Waals surface area contributed by atoms with E-state index in [0.29, 0.717) is 13.0 Å². The van der Waals surface area contributed by atoms with Crippen molar-refractivity contribution < 1.29 is 9.84 Å². The van der Waals surface area contributed by atoms with Gasteiger partial charge in [0, 0.05) is 12.0 Å². The van der Waals surface area contributed by atoms with Crippen LogP contribution in [0.2, 0.25) is 0 Å². The van der Waals surface area contributed by atoms with Gasteiger partial charge in [0.15, 0.2) is 0 Å². The predicted octanol–water partition coefficient (Wildman–Crippen LogP) is 2.12. The summed E-state index contributed by atoms with van der Waals surface area (Å²) < 4.78 is 5.52. The highest BCUT2D eigenvalue weighted by molar-refractivity contribution is 5.45. The number of aryl methyl sites for hydroxylation is 2. The number of aliphatic hydroxyl groups excluding tert-OH is 1. The molecule has 70 valence electrons. The van der Waals surface area contributed by atoms with Crippen LogP contribution in [0.5, 0.6) is 5.75 Å². The Morgan fingerprint density at radius 2 is 2.15 bits per heavy atom. The number of hydrogen-bond acceptors (Lipinski definition) is 2. The van der Waals surface area contributed by atoms with Crippen molar-refractivity contribution in [1.82, 2.24) is 0 Å². The summed E-state index contributed by atoms with van der Waals surface area (Å²) >= 11 is 0. The smallest absolute Gasteiger partial charge is 0.128 e. The minimum absolute atomic E-state index is 0.345. The van der Waals surface area contributed by atoms with Crippen LogP contribution in [-0.4, -0.2) is 11.7 Å². The molecule has 1 atom stereocenters. The van der Waals surface area contributed by atoms with Gasteiger partial charge in [0.2, 0.25) is 0 Å². The standard InChI is InChI=1S/C11H14O2/c1-7-5-8(2)11-9(6-7)10(12)3-4-13-11/h5-6,10,12H,3-4H2,1-2H3. The number of fused-ring (bicyclic) bond motifs is 1. The number of hydrogen-bond donors (Lipinski definition) is 1. The van der Waals surface area contributed by atoms with Crippen LogP contribution in [0.1, 0.15) is 29.2 Å². The van der Waals surface area contributed by atoms with Crippen molar-refractivity contribution >= 4 is 0 Å². The molecular formula is C11H14O2. The average molecular weight is 178 g/mol. The van der Waals surface area contributed by atoms with E-state index < -0.39 is 0 Å². The molecule has 0 saturated carbocycles. The number of rotatable bonds is 0. The van der Waals surface area contributed by atoms with Crippen molar-refractivity contribution in [2.75, 3.05) is 6.61 Å². The molecule has 0 amide bonds. The lowest BCUT2D eigenvalue weighted by Crippen LogP contribution is -2.14. The molecule has 13 heavy (non-hydrogen) atoms. The van der Waals surface area contributed by atoms with E-state index in [2.05, 4.69) is 6.07 Å².